The number of hydrogen-bond donors (Lipinski definition) is 3. The van der Waals surface area contributed by atoms with Crippen molar-refractivity contribution in [3.63, 3.8) is 0 Å². The third kappa shape index (κ3) is 10.2. The average Bonchev–Trinajstić information content (AvgIpc) is 2.94. The van der Waals surface area contributed by atoms with Crippen LogP contribution >= 0.6 is 0 Å². The highest BCUT2D eigenvalue weighted by molar-refractivity contribution is 5.51. The Morgan fingerprint density at radius 1 is 0.475 bits per heavy atom. The van der Waals surface area contributed by atoms with Crippen LogP contribution in [0.25, 0.3) is 0 Å². The summed E-state index contributed by atoms with van der Waals surface area (Å²) in [6.07, 6.45) is 18.1. The summed E-state index contributed by atoms with van der Waals surface area (Å²) in [5.74, 6) is 0.801. The molecule has 0 bridgehead atoms. The first-order chi connectivity index (χ1) is 19.4. The van der Waals surface area contributed by atoms with Gasteiger partial charge in [0.15, 0.2) is 0 Å². The zero-order valence-corrected chi connectivity index (χ0v) is 25.3. The minimum Gasteiger partial charge on any atom is -0.508 e. The molecule has 0 atom stereocenters. The summed E-state index contributed by atoms with van der Waals surface area (Å²) in [5, 5.41) is 32.5. The number of phenols is 3. The fourth-order valence-corrected chi connectivity index (χ4v) is 5.70. The second-order valence-electron chi connectivity index (χ2n) is 11.7. The number of aromatic hydroxyl groups is 3. The van der Waals surface area contributed by atoms with Gasteiger partial charge in [0.1, 0.15) is 17.2 Å². The third-order valence-corrected chi connectivity index (χ3v) is 8.10. The fraction of sp³-hybridized carbons (Fsp3) is 0.514. The van der Waals surface area contributed by atoms with Crippen LogP contribution in [0.2, 0.25) is 0 Å². The normalized spacial score (nSPS) is 11.3. The van der Waals surface area contributed by atoms with Crippen LogP contribution in [0.1, 0.15) is 130 Å². The smallest absolute Gasteiger partial charge is 0.122 e. The molecule has 3 aromatic rings. The Labute approximate surface area is 243 Å². The van der Waals surface area contributed by atoms with Crippen molar-refractivity contribution in [2.75, 3.05) is 0 Å². The summed E-state index contributed by atoms with van der Waals surface area (Å²) in [6.45, 7) is 6.52. The summed E-state index contributed by atoms with van der Waals surface area (Å²) in [4.78, 5) is 0. The topological polar surface area (TPSA) is 60.7 Å². The lowest BCUT2D eigenvalue weighted by atomic mass is 9.93. The third-order valence-electron chi connectivity index (χ3n) is 8.10. The summed E-state index contributed by atoms with van der Waals surface area (Å²) in [5.41, 5.74) is 6.85. The van der Waals surface area contributed by atoms with E-state index in [2.05, 4.69) is 26.0 Å². The van der Waals surface area contributed by atoms with Crippen LogP contribution < -0.4 is 0 Å². The minimum atomic E-state index is 0.257. The van der Waals surface area contributed by atoms with Crippen LogP contribution in [-0.4, -0.2) is 15.3 Å². The predicted octanol–water partition coefficient (Wildman–Crippen LogP) is 10.1. The highest BCUT2D eigenvalue weighted by Crippen LogP contribution is 2.33. The van der Waals surface area contributed by atoms with E-state index in [4.69, 9.17) is 0 Å². The molecule has 40 heavy (non-hydrogen) atoms. The summed E-state index contributed by atoms with van der Waals surface area (Å²) in [6, 6.07) is 15.8. The fourth-order valence-electron chi connectivity index (χ4n) is 5.70. The lowest BCUT2D eigenvalue weighted by molar-refractivity contribution is 0.456. The molecule has 0 aliphatic carbocycles. The van der Waals surface area contributed by atoms with Gasteiger partial charge in [0.25, 0.3) is 0 Å². The molecule has 3 aromatic carbocycles. The van der Waals surface area contributed by atoms with Gasteiger partial charge in [-0.15, -0.1) is 0 Å². The minimum absolute atomic E-state index is 0.257. The van der Waals surface area contributed by atoms with E-state index in [9.17, 15) is 15.3 Å². The average molecular weight is 545 g/mol. The van der Waals surface area contributed by atoms with Crippen molar-refractivity contribution in [2.45, 2.75) is 124 Å². The molecule has 0 heterocycles. The Hall–Kier alpha value is -2.94. The number of phenolic OH excluding ortho intramolecular Hbond substituents is 3. The Bertz CT molecular complexity index is 1090. The van der Waals surface area contributed by atoms with Gasteiger partial charge in [0.2, 0.25) is 0 Å². The SMILES string of the molecule is CCCCCCCCc1ccc(O)c(Cc2cc(C)cc(Cc3cc(CCCCCCCC)ccc3O)c2O)c1. The molecule has 0 aliphatic rings. The van der Waals surface area contributed by atoms with Gasteiger partial charge in [-0.1, -0.05) is 120 Å². The van der Waals surface area contributed by atoms with Gasteiger partial charge >= 0.3 is 0 Å². The van der Waals surface area contributed by atoms with Crippen LogP contribution in [0.15, 0.2) is 48.5 Å². The first kappa shape index (κ1) is 31.6. The maximum absolute atomic E-state index is 11.3. The second kappa shape index (κ2) is 17.0. The molecule has 0 saturated carbocycles. The molecule has 218 valence electrons. The molecule has 3 rings (SSSR count). The van der Waals surface area contributed by atoms with E-state index in [0.717, 1.165) is 53.5 Å². The first-order valence-electron chi connectivity index (χ1n) is 15.8. The van der Waals surface area contributed by atoms with Crippen LogP contribution in [0, 0.1) is 6.92 Å². The summed E-state index contributed by atoms with van der Waals surface area (Å²) >= 11 is 0. The highest BCUT2D eigenvalue weighted by Gasteiger charge is 2.14. The highest BCUT2D eigenvalue weighted by atomic mass is 16.3. The zero-order chi connectivity index (χ0) is 28.7. The molecule has 3 nitrogen and oxygen atoms in total. The van der Waals surface area contributed by atoms with Crippen molar-refractivity contribution in [2.24, 2.45) is 0 Å². The van der Waals surface area contributed by atoms with Crippen molar-refractivity contribution in [3.8, 4) is 17.2 Å². The van der Waals surface area contributed by atoms with Crippen molar-refractivity contribution in [3.05, 3.63) is 87.5 Å². The number of aryl methyl sites for hydroxylation is 3. The molecular weight excluding hydrogens is 492 g/mol. The molecule has 0 unspecified atom stereocenters. The van der Waals surface area contributed by atoms with E-state index in [-0.39, 0.29) is 17.2 Å². The molecule has 0 saturated heterocycles. The van der Waals surface area contributed by atoms with Crippen molar-refractivity contribution < 1.29 is 15.3 Å². The van der Waals surface area contributed by atoms with Crippen LogP contribution in [0.3, 0.4) is 0 Å². The Morgan fingerprint density at radius 2 is 0.875 bits per heavy atom. The number of rotatable bonds is 18. The maximum Gasteiger partial charge on any atom is 0.122 e. The Morgan fingerprint density at radius 3 is 1.30 bits per heavy atom. The van der Waals surface area contributed by atoms with E-state index in [1.165, 1.54) is 75.3 Å². The van der Waals surface area contributed by atoms with Gasteiger partial charge in [-0.3, -0.25) is 0 Å². The lowest BCUT2D eigenvalue weighted by Gasteiger charge is -2.15. The Kier molecular flexibility index (Phi) is 13.4. The number of benzene rings is 3. The molecule has 3 heteroatoms. The van der Waals surface area contributed by atoms with Crippen molar-refractivity contribution >= 4 is 0 Å². The van der Waals surface area contributed by atoms with Gasteiger partial charge in [-0.05, 0) is 78.1 Å². The quantitative estimate of drug-likeness (QED) is 0.140. The van der Waals surface area contributed by atoms with Gasteiger partial charge < -0.3 is 15.3 Å². The summed E-state index contributed by atoms with van der Waals surface area (Å²) < 4.78 is 0. The molecule has 0 fully saturated rings. The lowest BCUT2D eigenvalue weighted by Crippen LogP contribution is -1.99. The van der Waals surface area contributed by atoms with Crippen LogP contribution in [-0.2, 0) is 25.7 Å². The second-order valence-corrected chi connectivity index (χ2v) is 11.7. The van der Waals surface area contributed by atoms with E-state index in [0.29, 0.717) is 12.8 Å². The number of hydrogen-bond acceptors (Lipinski definition) is 3. The van der Waals surface area contributed by atoms with Crippen LogP contribution in [0.5, 0.6) is 17.2 Å². The van der Waals surface area contributed by atoms with Crippen molar-refractivity contribution in [1.29, 1.82) is 0 Å². The molecular formula is C37H52O3. The molecule has 0 aliphatic heterocycles. The largest absolute Gasteiger partial charge is 0.508 e. The van der Waals surface area contributed by atoms with Gasteiger partial charge in [-0.25, -0.2) is 0 Å². The molecule has 0 amide bonds. The van der Waals surface area contributed by atoms with E-state index in [1.54, 1.807) is 12.1 Å². The Balaban J connectivity index is 1.68. The standard InChI is InChI=1S/C37H52O3/c1-4-6-8-10-12-14-16-29-18-20-35(38)31(24-29)26-33-22-28(3)23-34(37(33)40)27-32-25-30(19-21-36(32)39)17-15-13-11-9-7-5-2/h18-25,38-40H,4-17,26-27H2,1-3H3. The van der Waals surface area contributed by atoms with Gasteiger partial charge in [0.05, 0.1) is 0 Å². The first-order valence-corrected chi connectivity index (χ1v) is 15.8. The zero-order valence-electron chi connectivity index (χ0n) is 25.3. The van der Waals surface area contributed by atoms with Crippen LogP contribution in [0.4, 0.5) is 0 Å². The molecule has 3 N–H and O–H groups in total. The van der Waals surface area contributed by atoms with E-state index < -0.39 is 0 Å². The molecule has 0 aromatic heterocycles. The van der Waals surface area contributed by atoms with Gasteiger partial charge in [-0.2, -0.15) is 0 Å². The number of unbranched alkanes of at least 4 members (excludes halogenated alkanes) is 10. The maximum atomic E-state index is 11.3. The monoisotopic (exact) mass is 544 g/mol. The molecule has 0 radical (unpaired) electrons. The van der Waals surface area contributed by atoms with Crippen molar-refractivity contribution in [1.82, 2.24) is 0 Å². The van der Waals surface area contributed by atoms with E-state index in [1.807, 2.05) is 31.2 Å². The molecule has 0 spiro atoms. The predicted molar refractivity (Wildman–Crippen MR) is 169 cm³/mol. The summed E-state index contributed by atoms with van der Waals surface area (Å²) in [7, 11) is 0. The van der Waals surface area contributed by atoms with Gasteiger partial charge in [0, 0.05) is 12.8 Å². The van der Waals surface area contributed by atoms with E-state index >= 15 is 0 Å².